The van der Waals surface area contributed by atoms with Gasteiger partial charge in [-0.25, -0.2) is 5.48 Å². The van der Waals surface area contributed by atoms with Crippen LogP contribution in [0.5, 0.6) is 0 Å². The summed E-state index contributed by atoms with van der Waals surface area (Å²) in [5.74, 6) is -0.492. The molecule has 1 amide bonds. The van der Waals surface area contributed by atoms with E-state index in [1.165, 1.54) is 0 Å². The van der Waals surface area contributed by atoms with Gasteiger partial charge in [-0.15, -0.1) is 0 Å². The maximum absolute atomic E-state index is 10.3. The molecular formula is C10H19N3O2. The summed E-state index contributed by atoms with van der Waals surface area (Å²) in [5.41, 5.74) is 7.25. The van der Waals surface area contributed by atoms with Gasteiger partial charge in [0.25, 0.3) is 0 Å². The van der Waals surface area contributed by atoms with E-state index in [0.717, 1.165) is 19.3 Å². The van der Waals surface area contributed by atoms with Crippen LogP contribution in [0.2, 0.25) is 0 Å². The maximum atomic E-state index is 10.3. The van der Waals surface area contributed by atoms with Gasteiger partial charge in [-0.3, -0.25) is 9.63 Å². The van der Waals surface area contributed by atoms with Gasteiger partial charge in [0.1, 0.15) is 6.61 Å². The van der Waals surface area contributed by atoms with Gasteiger partial charge in [0.2, 0.25) is 5.91 Å². The number of nitrogens with zero attached hydrogens (tertiary/aromatic N) is 1. The Hall–Kier alpha value is -1.12. The molecule has 0 spiro atoms. The number of carbonyl (C=O) groups is 1. The lowest BCUT2D eigenvalue weighted by Crippen LogP contribution is -2.25. The zero-order chi connectivity index (χ0) is 11.7. The number of hydroxylamine groups is 1. The van der Waals surface area contributed by atoms with Crippen molar-refractivity contribution in [1.29, 1.82) is 5.26 Å². The summed E-state index contributed by atoms with van der Waals surface area (Å²) in [5, 5.41) is 8.75. The third-order valence-electron chi connectivity index (χ3n) is 1.95. The number of nitrogens with two attached hydrogens (primary N) is 1. The molecule has 0 aromatic heterocycles. The molecule has 86 valence electrons. The van der Waals surface area contributed by atoms with Crippen LogP contribution in [-0.2, 0) is 9.63 Å². The molecule has 0 aliphatic rings. The van der Waals surface area contributed by atoms with E-state index >= 15 is 0 Å². The highest BCUT2D eigenvalue weighted by Crippen LogP contribution is 2.21. The third kappa shape index (κ3) is 9.19. The molecule has 15 heavy (non-hydrogen) atoms. The Morgan fingerprint density at radius 2 is 2.20 bits per heavy atom. The fraction of sp³-hybridized carbons (Fsp3) is 0.800. The van der Waals surface area contributed by atoms with Crippen molar-refractivity contribution in [1.82, 2.24) is 5.48 Å². The van der Waals surface area contributed by atoms with Crippen molar-refractivity contribution in [3.63, 3.8) is 0 Å². The van der Waals surface area contributed by atoms with E-state index in [1.807, 2.05) is 13.8 Å². The van der Waals surface area contributed by atoms with E-state index in [0.29, 0.717) is 6.54 Å². The van der Waals surface area contributed by atoms with Crippen LogP contribution >= 0.6 is 0 Å². The van der Waals surface area contributed by atoms with E-state index in [1.54, 1.807) is 0 Å². The Bertz CT molecular complexity index is 233. The quantitative estimate of drug-likeness (QED) is 0.459. The van der Waals surface area contributed by atoms with Crippen LogP contribution in [0.4, 0.5) is 0 Å². The molecule has 0 aliphatic heterocycles. The summed E-state index contributed by atoms with van der Waals surface area (Å²) in [4.78, 5) is 15.0. The van der Waals surface area contributed by atoms with Crippen LogP contribution in [-0.4, -0.2) is 19.1 Å². The van der Waals surface area contributed by atoms with Crippen molar-refractivity contribution < 1.29 is 9.63 Å². The van der Waals surface area contributed by atoms with Gasteiger partial charge < -0.3 is 5.73 Å². The smallest absolute Gasteiger partial charge is 0.245 e. The number of carbonyl (C=O) groups excluding carboxylic acids is 1. The van der Waals surface area contributed by atoms with Gasteiger partial charge in [0, 0.05) is 6.54 Å². The lowest BCUT2D eigenvalue weighted by Gasteiger charge is -2.14. The normalized spacial score (nSPS) is 11.0. The first-order chi connectivity index (χ1) is 6.98. The average molecular weight is 213 g/mol. The Morgan fingerprint density at radius 3 is 2.73 bits per heavy atom. The summed E-state index contributed by atoms with van der Waals surface area (Å²) < 4.78 is 0. The summed E-state index contributed by atoms with van der Waals surface area (Å²) in [6.45, 7) is 4.40. The van der Waals surface area contributed by atoms with Crippen LogP contribution < -0.4 is 11.2 Å². The SMILES string of the molecule is CC(C)(C#N)CCCCNOCC(N)=O. The van der Waals surface area contributed by atoms with Crippen molar-refractivity contribution in [3.05, 3.63) is 0 Å². The highest BCUT2D eigenvalue weighted by molar-refractivity contribution is 5.74. The molecule has 3 N–H and O–H groups in total. The van der Waals surface area contributed by atoms with E-state index < -0.39 is 5.91 Å². The standard InChI is InChI=1S/C10H19N3O2/c1-10(2,8-11)5-3-4-6-13-15-7-9(12)14/h13H,3-7H2,1-2H3,(H2,12,14). The van der Waals surface area contributed by atoms with Crippen LogP contribution in [0, 0.1) is 16.7 Å². The molecule has 0 aromatic carbocycles. The Morgan fingerprint density at radius 1 is 1.53 bits per heavy atom. The second kappa shape index (κ2) is 7.21. The van der Waals surface area contributed by atoms with Crippen molar-refractivity contribution in [3.8, 4) is 6.07 Å². The molecule has 0 heterocycles. The molecule has 0 saturated heterocycles. The number of hydrogen-bond acceptors (Lipinski definition) is 4. The Labute approximate surface area is 90.5 Å². The minimum Gasteiger partial charge on any atom is -0.368 e. The van der Waals surface area contributed by atoms with E-state index in [-0.39, 0.29) is 12.0 Å². The third-order valence-corrected chi connectivity index (χ3v) is 1.95. The van der Waals surface area contributed by atoms with Crippen molar-refractivity contribution >= 4 is 5.91 Å². The average Bonchev–Trinajstić information content (AvgIpc) is 2.16. The summed E-state index contributed by atoms with van der Waals surface area (Å²) in [6.07, 6.45) is 2.72. The van der Waals surface area contributed by atoms with Crippen LogP contribution in [0.25, 0.3) is 0 Å². The molecule has 0 unspecified atom stereocenters. The first-order valence-corrected chi connectivity index (χ1v) is 5.02. The summed E-state index contributed by atoms with van der Waals surface area (Å²) in [6, 6.07) is 2.25. The number of nitrogens with one attached hydrogen (secondary N) is 1. The Kier molecular flexibility index (Phi) is 6.67. The molecular weight excluding hydrogens is 194 g/mol. The molecule has 0 bridgehead atoms. The van der Waals surface area contributed by atoms with Gasteiger partial charge in [0.05, 0.1) is 11.5 Å². The number of unbranched alkanes of at least 4 members (excludes halogenated alkanes) is 1. The van der Waals surface area contributed by atoms with E-state index in [4.69, 9.17) is 15.8 Å². The molecule has 0 rings (SSSR count). The highest BCUT2D eigenvalue weighted by atomic mass is 16.6. The molecule has 0 radical (unpaired) electrons. The van der Waals surface area contributed by atoms with Gasteiger partial charge in [-0.2, -0.15) is 5.26 Å². The first-order valence-electron chi connectivity index (χ1n) is 5.02. The largest absolute Gasteiger partial charge is 0.368 e. The van der Waals surface area contributed by atoms with Gasteiger partial charge in [-0.05, 0) is 26.7 Å². The minimum absolute atomic E-state index is 0.107. The number of primary amides is 1. The number of hydrogen-bond donors (Lipinski definition) is 2. The van der Waals surface area contributed by atoms with Crippen LogP contribution in [0.3, 0.4) is 0 Å². The molecule has 0 atom stereocenters. The molecule has 0 saturated carbocycles. The maximum Gasteiger partial charge on any atom is 0.245 e. The fourth-order valence-electron chi connectivity index (χ4n) is 1.01. The lowest BCUT2D eigenvalue weighted by atomic mass is 9.89. The van der Waals surface area contributed by atoms with Crippen molar-refractivity contribution in [2.24, 2.45) is 11.1 Å². The molecule has 0 aromatic rings. The zero-order valence-electron chi connectivity index (χ0n) is 9.38. The monoisotopic (exact) mass is 213 g/mol. The number of rotatable bonds is 8. The second-order valence-corrected chi connectivity index (χ2v) is 4.10. The summed E-state index contributed by atoms with van der Waals surface area (Å²) in [7, 11) is 0. The van der Waals surface area contributed by atoms with Crippen LogP contribution in [0.1, 0.15) is 33.1 Å². The fourth-order valence-corrected chi connectivity index (χ4v) is 1.01. The van der Waals surface area contributed by atoms with Crippen molar-refractivity contribution in [2.45, 2.75) is 33.1 Å². The van der Waals surface area contributed by atoms with Crippen LogP contribution in [0.15, 0.2) is 0 Å². The lowest BCUT2D eigenvalue weighted by molar-refractivity contribution is -0.125. The van der Waals surface area contributed by atoms with Gasteiger partial charge >= 0.3 is 0 Å². The molecule has 0 fully saturated rings. The number of nitriles is 1. The van der Waals surface area contributed by atoms with Crippen molar-refractivity contribution in [2.75, 3.05) is 13.2 Å². The zero-order valence-corrected chi connectivity index (χ0v) is 9.38. The molecule has 5 heteroatoms. The van der Waals surface area contributed by atoms with Gasteiger partial charge in [-0.1, -0.05) is 6.42 Å². The van der Waals surface area contributed by atoms with E-state index in [9.17, 15) is 4.79 Å². The molecule has 0 aliphatic carbocycles. The topological polar surface area (TPSA) is 88.1 Å². The van der Waals surface area contributed by atoms with Gasteiger partial charge in [0.15, 0.2) is 0 Å². The number of amides is 1. The summed E-state index contributed by atoms with van der Waals surface area (Å²) >= 11 is 0. The minimum atomic E-state index is -0.492. The highest BCUT2D eigenvalue weighted by Gasteiger charge is 2.15. The predicted molar refractivity (Wildman–Crippen MR) is 56.4 cm³/mol. The predicted octanol–water partition coefficient (Wildman–Crippen LogP) is 0.713. The first kappa shape index (κ1) is 13.9. The Balaban J connectivity index is 3.26. The van der Waals surface area contributed by atoms with E-state index in [2.05, 4.69) is 11.5 Å². The second-order valence-electron chi connectivity index (χ2n) is 4.10. The molecule has 5 nitrogen and oxygen atoms in total.